The molecular weight excluding hydrogens is 350 g/mol. The van der Waals surface area contributed by atoms with E-state index in [9.17, 15) is 9.59 Å². The lowest BCUT2D eigenvalue weighted by Crippen LogP contribution is -2.21. The number of ether oxygens (including phenoxy) is 1. The zero-order valence-electron chi connectivity index (χ0n) is 13.8. The molecule has 0 spiro atoms. The van der Waals surface area contributed by atoms with Crippen molar-refractivity contribution in [2.24, 2.45) is 0 Å². The van der Waals surface area contributed by atoms with Gasteiger partial charge in [0.05, 0.1) is 5.69 Å². The molecule has 0 saturated carbocycles. The van der Waals surface area contributed by atoms with Crippen molar-refractivity contribution < 1.29 is 14.3 Å². The number of rotatable bonds is 6. The van der Waals surface area contributed by atoms with Crippen LogP contribution < -0.4 is 10.1 Å². The molecule has 26 heavy (non-hydrogen) atoms. The number of halogens is 1. The Morgan fingerprint density at radius 3 is 2.38 bits per heavy atom. The summed E-state index contributed by atoms with van der Waals surface area (Å²) >= 11 is 5.89. The summed E-state index contributed by atoms with van der Waals surface area (Å²) in [7, 11) is 0. The molecule has 0 heterocycles. The van der Waals surface area contributed by atoms with Crippen LogP contribution in [0, 0.1) is 0 Å². The van der Waals surface area contributed by atoms with E-state index in [-0.39, 0.29) is 18.3 Å². The first-order valence-corrected chi connectivity index (χ1v) is 8.38. The smallest absolute Gasteiger partial charge is 0.262 e. The molecule has 0 radical (unpaired) electrons. The van der Waals surface area contributed by atoms with Crippen molar-refractivity contribution in [2.45, 2.75) is 0 Å². The van der Waals surface area contributed by atoms with Crippen LogP contribution >= 0.6 is 11.6 Å². The van der Waals surface area contributed by atoms with Crippen LogP contribution in [0.2, 0.25) is 5.02 Å². The van der Waals surface area contributed by atoms with Gasteiger partial charge in [0.1, 0.15) is 5.75 Å². The Balaban J connectivity index is 1.70. The van der Waals surface area contributed by atoms with Gasteiger partial charge < -0.3 is 10.1 Å². The summed E-state index contributed by atoms with van der Waals surface area (Å²) in [6, 6.07) is 22.6. The molecule has 0 aliphatic heterocycles. The van der Waals surface area contributed by atoms with Gasteiger partial charge in [0, 0.05) is 16.1 Å². The SMILES string of the molecule is O=C(COc1cccc(Cl)c1)Nc1ccccc1C(=O)c1ccccc1. The molecule has 0 aliphatic rings. The first kappa shape index (κ1) is 17.7. The van der Waals surface area contributed by atoms with E-state index in [0.717, 1.165) is 0 Å². The fourth-order valence-electron chi connectivity index (χ4n) is 2.43. The minimum atomic E-state index is -0.363. The van der Waals surface area contributed by atoms with Gasteiger partial charge in [-0.1, -0.05) is 60.1 Å². The Bertz CT molecular complexity index is 925. The topological polar surface area (TPSA) is 55.4 Å². The molecule has 0 unspecified atom stereocenters. The van der Waals surface area contributed by atoms with Crippen LogP contribution in [0.15, 0.2) is 78.9 Å². The lowest BCUT2D eigenvalue weighted by molar-refractivity contribution is -0.118. The largest absolute Gasteiger partial charge is 0.484 e. The lowest BCUT2D eigenvalue weighted by Gasteiger charge is -2.11. The van der Waals surface area contributed by atoms with E-state index in [1.807, 2.05) is 6.07 Å². The molecule has 0 saturated heterocycles. The number of hydrogen-bond donors (Lipinski definition) is 1. The summed E-state index contributed by atoms with van der Waals surface area (Å²) < 4.78 is 5.42. The molecule has 5 heteroatoms. The van der Waals surface area contributed by atoms with Crippen molar-refractivity contribution in [3.8, 4) is 5.75 Å². The van der Waals surface area contributed by atoms with E-state index in [4.69, 9.17) is 16.3 Å². The summed E-state index contributed by atoms with van der Waals surface area (Å²) in [5.74, 6) is -0.0168. The highest BCUT2D eigenvalue weighted by molar-refractivity contribution is 6.30. The van der Waals surface area contributed by atoms with Crippen LogP contribution in [0.1, 0.15) is 15.9 Å². The quantitative estimate of drug-likeness (QED) is 0.650. The van der Waals surface area contributed by atoms with E-state index < -0.39 is 0 Å². The van der Waals surface area contributed by atoms with Crippen LogP contribution in [0.5, 0.6) is 5.75 Å². The standard InChI is InChI=1S/C21H16ClNO3/c22-16-9-6-10-17(13-16)26-14-20(24)23-19-12-5-4-11-18(19)21(25)15-7-2-1-3-8-15/h1-13H,14H2,(H,23,24). The Hall–Kier alpha value is -3.11. The normalized spacial score (nSPS) is 10.2. The number of hydrogen-bond acceptors (Lipinski definition) is 3. The van der Waals surface area contributed by atoms with Gasteiger partial charge in [-0.25, -0.2) is 0 Å². The van der Waals surface area contributed by atoms with Gasteiger partial charge in [-0.15, -0.1) is 0 Å². The van der Waals surface area contributed by atoms with Crippen LogP contribution in [0.25, 0.3) is 0 Å². The van der Waals surface area contributed by atoms with Gasteiger partial charge in [0.15, 0.2) is 12.4 Å². The molecule has 1 N–H and O–H groups in total. The molecule has 3 aromatic rings. The number of para-hydroxylation sites is 1. The number of benzene rings is 3. The highest BCUT2D eigenvalue weighted by Crippen LogP contribution is 2.20. The first-order chi connectivity index (χ1) is 12.6. The second kappa shape index (κ2) is 8.32. The Morgan fingerprint density at radius 1 is 0.885 bits per heavy atom. The zero-order chi connectivity index (χ0) is 18.4. The van der Waals surface area contributed by atoms with Gasteiger partial charge in [0.2, 0.25) is 0 Å². The minimum absolute atomic E-state index is 0.155. The maximum atomic E-state index is 12.7. The molecule has 130 valence electrons. The second-order valence-electron chi connectivity index (χ2n) is 5.53. The molecule has 4 nitrogen and oxygen atoms in total. The van der Waals surface area contributed by atoms with Crippen molar-refractivity contribution in [1.82, 2.24) is 0 Å². The molecule has 1 amide bonds. The van der Waals surface area contributed by atoms with E-state index in [2.05, 4.69) is 5.32 Å². The first-order valence-electron chi connectivity index (χ1n) is 8.00. The van der Waals surface area contributed by atoms with Crippen LogP contribution in [-0.2, 0) is 4.79 Å². The number of anilines is 1. The Morgan fingerprint density at radius 2 is 1.62 bits per heavy atom. The Labute approximate surface area is 156 Å². The van der Waals surface area contributed by atoms with Gasteiger partial charge in [-0.3, -0.25) is 9.59 Å². The van der Waals surface area contributed by atoms with Gasteiger partial charge >= 0.3 is 0 Å². The molecule has 3 aromatic carbocycles. The van der Waals surface area contributed by atoms with E-state index in [1.54, 1.807) is 72.8 Å². The molecule has 0 atom stereocenters. The van der Waals surface area contributed by atoms with Crippen LogP contribution in [-0.4, -0.2) is 18.3 Å². The van der Waals surface area contributed by atoms with Crippen LogP contribution in [0.3, 0.4) is 0 Å². The van der Waals surface area contributed by atoms with Gasteiger partial charge in [-0.05, 0) is 30.3 Å². The summed E-state index contributed by atoms with van der Waals surface area (Å²) in [6.07, 6.45) is 0. The van der Waals surface area contributed by atoms with Gasteiger partial charge in [0.25, 0.3) is 5.91 Å². The predicted molar refractivity (Wildman–Crippen MR) is 102 cm³/mol. The molecule has 3 rings (SSSR count). The fourth-order valence-corrected chi connectivity index (χ4v) is 2.61. The van der Waals surface area contributed by atoms with Crippen molar-refractivity contribution >= 4 is 29.0 Å². The fraction of sp³-hybridized carbons (Fsp3) is 0.0476. The molecule has 0 fully saturated rings. The zero-order valence-corrected chi connectivity index (χ0v) is 14.6. The predicted octanol–water partition coefficient (Wildman–Crippen LogP) is 4.59. The number of carbonyl (C=O) groups is 2. The summed E-state index contributed by atoms with van der Waals surface area (Å²) in [5, 5.41) is 3.26. The maximum Gasteiger partial charge on any atom is 0.262 e. The molecule has 0 aliphatic carbocycles. The number of amides is 1. The third kappa shape index (κ3) is 4.49. The summed E-state index contributed by atoms with van der Waals surface area (Å²) in [4.78, 5) is 24.9. The lowest BCUT2D eigenvalue weighted by atomic mass is 10.0. The van der Waals surface area contributed by atoms with Crippen LogP contribution in [0.4, 0.5) is 5.69 Å². The molecule has 0 aromatic heterocycles. The van der Waals surface area contributed by atoms with Crippen molar-refractivity contribution in [2.75, 3.05) is 11.9 Å². The number of ketones is 1. The average molecular weight is 366 g/mol. The van der Waals surface area contributed by atoms with E-state index >= 15 is 0 Å². The Kier molecular flexibility index (Phi) is 5.66. The van der Waals surface area contributed by atoms with Crippen molar-refractivity contribution in [3.63, 3.8) is 0 Å². The van der Waals surface area contributed by atoms with Crippen molar-refractivity contribution in [3.05, 3.63) is 95.0 Å². The van der Waals surface area contributed by atoms with E-state index in [1.165, 1.54) is 0 Å². The molecular formula is C21H16ClNO3. The molecule has 0 bridgehead atoms. The minimum Gasteiger partial charge on any atom is -0.484 e. The third-order valence-corrected chi connectivity index (χ3v) is 3.88. The maximum absolute atomic E-state index is 12.7. The number of carbonyl (C=O) groups excluding carboxylic acids is 2. The third-order valence-electron chi connectivity index (χ3n) is 3.65. The summed E-state index contributed by atoms with van der Waals surface area (Å²) in [5.41, 5.74) is 1.43. The highest BCUT2D eigenvalue weighted by Gasteiger charge is 2.15. The van der Waals surface area contributed by atoms with Crippen molar-refractivity contribution in [1.29, 1.82) is 0 Å². The second-order valence-corrected chi connectivity index (χ2v) is 5.97. The van der Waals surface area contributed by atoms with Gasteiger partial charge in [-0.2, -0.15) is 0 Å². The monoisotopic (exact) mass is 365 g/mol. The average Bonchev–Trinajstić information content (AvgIpc) is 2.67. The van der Waals surface area contributed by atoms with E-state index in [0.29, 0.717) is 27.6 Å². The number of nitrogens with one attached hydrogen (secondary N) is 1. The highest BCUT2D eigenvalue weighted by atomic mass is 35.5. The summed E-state index contributed by atoms with van der Waals surface area (Å²) in [6.45, 7) is -0.186.